The van der Waals surface area contributed by atoms with Crippen LogP contribution in [0.5, 0.6) is 11.5 Å². The molecule has 3 aromatic rings. The number of esters is 1. The van der Waals surface area contributed by atoms with Gasteiger partial charge < -0.3 is 19.2 Å². The Morgan fingerprint density at radius 3 is 2.66 bits per heavy atom. The van der Waals surface area contributed by atoms with Crippen molar-refractivity contribution in [2.45, 2.75) is 33.3 Å². The molecule has 1 N–H and O–H groups in total. The highest BCUT2D eigenvalue weighted by Crippen LogP contribution is 2.29. The number of carbonyl (C=O) groups is 1. The lowest BCUT2D eigenvalue weighted by molar-refractivity contribution is 0.0319. The summed E-state index contributed by atoms with van der Waals surface area (Å²) in [6, 6.07) is 11.9. The van der Waals surface area contributed by atoms with Gasteiger partial charge >= 0.3 is 5.97 Å². The number of rotatable bonds is 8. The zero-order chi connectivity index (χ0) is 20.8. The fourth-order valence-corrected chi connectivity index (χ4v) is 2.82. The highest BCUT2D eigenvalue weighted by molar-refractivity contribution is 5.90. The van der Waals surface area contributed by atoms with Gasteiger partial charge in [-0.25, -0.2) is 9.78 Å². The average molecular weight is 396 g/mol. The Morgan fingerprint density at radius 2 is 1.90 bits per heavy atom. The Kier molecular flexibility index (Phi) is 6.49. The van der Waals surface area contributed by atoms with E-state index in [1.54, 1.807) is 49.4 Å². The Labute approximate surface area is 168 Å². The first-order chi connectivity index (χ1) is 14.0. The molecule has 7 nitrogen and oxygen atoms in total. The SMILES string of the molecule is CCCOc1ccc(C(=O)OC(C)c2nc3ccccc3c(=O)[nH]2)cc1OCC. The number of carbonyl (C=O) groups excluding carboxylic acids is 1. The van der Waals surface area contributed by atoms with E-state index in [-0.39, 0.29) is 11.4 Å². The zero-order valence-corrected chi connectivity index (χ0v) is 16.7. The van der Waals surface area contributed by atoms with Crippen LogP contribution in [-0.4, -0.2) is 29.2 Å². The molecule has 1 atom stereocenters. The number of para-hydroxylation sites is 1. The number of fused-ring (bicyclic) bond motifs is 1. The predicted octanol–water partition coefficient (Wildman–Crippen LogP) is 4.03. The Balaban J connectivity index is 1.80. The topological polar surface area (TPSA) is 90.5 Å². The third-order valence-electron chi connectivity index (χ3n) is 4.24. The van der Waals surface area contributed by atoms with E-state index in [1.165, 1.54) is 0 Å². The molecule has 0 amide bonds. The fourth-order valence-electron chi connectivity index (χ4n) is 2.82. The van der Waals surface area contributed by atoms with Crippen LogP contribution < -0.4 is 15.0 Å². The van der Waals surface area contributed by atoms with E-state index in [0.29, 0.717) is 41.2 Å². The van der Waals surface area contributed by atoms with Crippen molar-refractivity contribution in [3.05, 3.63) is 64.2 Å². The molecule has 0 bridgehead atoms. The minimum atomic E-state index is -0.730. The second kappa shape index (κ2) is 9.23. The molecule has 29 heavy (non-hydrogen) atoms. The monoisotopic (exact) mass is 396 g/mol. The van der Waals surface area contributed by atoms with E-state index in [4.69, 9.17) is 14.2 Å². The van der Waals surface area contributed by atoms with Crippen LogP contribution in [-0.2, 0) is 4.74 Å². The van der Waals surface area contributed by atoms with E-state index in [0.717, 1.165) is 6.42 Å². The van der Waals surface area contributed by atoms with Crippen LogP contribution in [0.3, 0.4) is 0 Å². The van der Waals surface area contributed by atoms with Crippen LogP contribution in [0.25, 0.3) is 10.9 Å². The van der Waals surface area contributed by atoms with Crippen LogP contribution in [0.1, 0.15) is 49.5 Å². The molecule has 0 aliphatic carbocycles. The lowest BCUT2D eigenvalue weighted by atomic mass is 10.2. The number of hydrogen-bond acceptors (Lipinski definition) is 6. The number of hydrogen-bond donors (Lipinski definition) is 1. The molecule has 1 heterocycles. The van der Waals surface area contributed by atoms with Crippen LogP contribution in [0.15, 0.2) is 47.3 Å². The zero-order valence-electron chi connectivity index (χ0n) is 16.7. The van der Waals surface area contributed by atoms with Crippen LogP contribution in [0, 0.1) is 0 Å². The first kappa shape index (κ1) is 20.4. The third kappa shape index (κ3) is 4.74. The van der Waals surface area contributed by atoms with E-state index >= 15 is 0 Å². The van der Waals surface area contributed by atoms with Gasteiger partial charge in [0.05, 0.1) is 29.7 Å². The molecule has 0 saturated heterocycles. The van der Waals surface area contributed by atoms with Gasteiger partial charge in [0.1, 0.15) is 0 Å². The maximum atomic E-state index is 12.6. The van der Waals surface area contributed by atoms with Gasteiger partial charge in [0.25, 0.3) is 5.56 Å². The summed E-state index contributed by atoms with van der Waals surface area (Å²) < 4.78 is 16.7. The Bertz CT molecular complexity index is 1060. The van der Waals surface area contributed by atoms with Gasteiger partial charge in [0, 0.05) is 0 Å². The second-order valence-corrected chi connectivity index (χ2v) is 6.46. The number of benzene rings is 2. The standard InChI is InChI=1S/C22H24N2O5/c1-4-12-28-18-11-10-15(13-19(18)27-5-2)22(26)29-14(3)20-23-17-9-7-6-8-16(17)21(25)24-20/h6-11,13-14H,4-5,12H2,1-3H3,(H,23,24,25). The maximum absolute atomic E-state index is 12.6. The minimum absolute atomic E-state index is 0.274. The summed E-state index contributed by atoms with van der Waals surface area (Å²) in [6.07, 6.45) is 0.135. The number of ether oxygens (including phenoxy) is 3. The van der Waals surface area contributed by atoms with Crippen molar-refractivity contribution in [3.8, 4) is 11.5 Å². The predicted molar refractivity (Wildman–Crippen MR) is 110 cm³/mol. The quantitative estimate of drug-likeness (QED) is 0.578. The second-order valence-electron chi connectivity index (χ2n) is 6.46. The van der Waals surface area contributed by atoms with E-state index in [2.05, 4.69) is 9.97 Å². The number of nitrogens with zero attached hydrogens (tertiary/aromatic N) is 1. The van der Waals surface area contributed by atoms with Crippen LogP contribution in [0.4, 0.5) is 0 Å². The van der Waals surface area contributed by atoms with E-state index in [1.807, 2.05) is 13.8 Å². The number of H-pyrrole nitrogens is 1. The Hall–Kier alpha value is -3.35. The molecule has 3 rings (SSSR count). The van der Waals surface area contributed by atoms with Crippen molar-refractivity contribution in [2.75, 3.05) is 13.2 Å². The number of aromatic amines is 1. The molecule has 0 aliphatic rings. The van der Waals surface area contributed by atoms with Crippen molar-refractivity contribution < 1.29 is 19.0 Å². The van der Waals surface area contributed by atoms with Crippen molar-refractivity contribution in [1.29, 1.82) is 0 Å². The van der Waals surface area contributed by atoms with Gasteiger partial charge in [-0.1, -0.05) is 19.1 Å². The summed E-state index contributed by atoms with van der Waals surface area (Å²) in [6.45, 7) is 6.53. The molecule has 0 fully saturated rings. The van der Waals surface area contributed by atoms with Gasteiger partial charge in [0.15, 0.2) is 23.4 Å². The first-order valence-electron chi connectivity index (χ1n) is 9.63. The summed E-state index contributed by atoms with van der Waals surface area (Å²) >= 11 is 0. The van der Waals surface area contributed by atoms with Crippen LogP contribution >= 0.6 is 0 Å². The molecule has 7 heteroatoms. The highest BCUT2D eigenvalue weighted by Gasteiger charge is 2.18. The average Bonchev–Trinajstić information content (AvgIpc) is 2.73. The molecule has 152 valence electrons. The first-order valence-corrected chi connectivity index (χ1v) is 9.63. The molecule has 0 radical (unpaired) electrons. The number of nitrogens with one attached hydrogen (secondary N) is 1. The molecule has 1 unspecified atom stereocenters. The smallest absolute Gasteiger partial charge is 0.338 e. The normalized spacial score (nSPS) is 11.8. The molecular weight excluding hydrogens is 372 g/mol. The summed E-state index contributed by atoms with van der Waals surface area (Å²) in [4.78, 5) is 31.9. The summed E-state index contributed by atoms with van der Waals surface area (Å²) in [5, 5.41) is 0.485. The van der Waals surface area contributed by atoms with Gasteiger partial charge in [-0.05, 0) is 50.6 Å². The van der Waals surface area contributed by atoms with Gasteiger partial charge in [-0.3, -0.25) is 4.79 Å². The van der Waals surface area contributed by atoms with E-state index in [9.17, 15) is 9.59 Å². The largest absolute Gasteiger partial charge is 0.490 e. The lowest BCUT2D eigenvalue weighted by Crippen LogP contribution is -2.17. The van der Waals surface area contributed by atoms with Crippen LogP contribution in [0.2, 0.25) is 0 Å². The molecule has 1 aromatic heterocycles. The van der Waals surface area contributed by atoms with Crippen molar-refractivity contribution in [3.63, 3.8) is 0 Å². The lowest BCUT2D eigenvalue weighted by Gasteiger charge is -2.15. The summed E-state index contributed by atoms with van der Waals surface area (Å²) in [5.41, 5.74) is 0.599. The summed E-state index contributed by atoms with van der Waals surface area (Å²) in [7, 11) is 0. The summed E-state index contributed by atoms with van der Waals surface area (Å²) in [5.74, 6) is 0.811. The third-order valence-corrected chi connectivity index (χ3v) is 4.24. The van der Waals surface area contributed by atoms with E-state index < -0.39 is 12.1 Å². The molecule has 0 spiro atoms. The maximum Gasteiger partial charge on any atom is 0.338 e. The molecule has 0 saturated carbocycles. The Morgan fingerprint density at radius 1 is 1.10 bits per heavy atom. The van der Waals surface area contributed by atoms with Crippen molar-refractivity contribution >= 4 is 16.9 Å². The van der Waals surface area contributed by atoms with Gasteiger partial charge in [0.2, 0.25) is 0 Å². The molecular formula is C22H24N2O5. The van der Waals surface area contributed by atoms with Gasteiger partial charge in [-0.15, -0.1) is 0 Å². The minimum Gasteiger partial charge on any atom is -0.490 e. The molecule has 2 aromatic carbocycles. The van der Waals surface area contributed by atoms with Gasteiger partial charge in [-0.2, -0.15) is 0 Å². The number of aromatic nitrogens is 2. The van der Waals surface area contributed by atoms with Crippen molar-refractivity contribution in [1.82, 2.24) is 9.97 Å². The fraction of sp³-hybridized carbons (Fsp3) is 0.318. The molecule has 0 aliphatic heterocycles. The van der Waals surface area contributed by atoms with Crippen molar-refractivity contribution in [2.24, 2.45) is 0 Å². The highest BCUT2D eigenvalue weighted by atomic mass is 16.5.